The number of aryl methyl sites for hydroxylation is 1. The number of halogens is 2. The van der Waals surface area contributed by atoms with Crippen molar-refractivity contribution in [1.82, 2.24) is 0 Å². The summed E-state index contributed by atoms with van der Waals surface area (Å²) in [5.41, 5.74) is 4.83. The van der Waals surface area contributed by atoms with Crippen molar-refractivity contribution in [3.8, 4) is 0 Å². The molecule has 0 bridgehead atoms. The van der Waals surface area contributed by atoms with Crippen LogP contribution < -0.4 is 0 Å². The molecule has 0 saturated carbocycles. The first-order valence-corrected chi connectivity index (χ1v) is 13.5. The molecule has 0 amide bonds. The van der Waals surface area contributed by atoms with Gasteiger partial charge in [-0.3, -0.25) is 4.85 Å². The largest absolute Gasteiger partial charge is 0.341 e. The lowest BCUT2D eigenvalue weighted by Gasteiger charge is -2.23. The van der Waals surface area contributed by atoms with Gasteiger partial charge in [-0.1, -0.05) is 98.1 Å². The molecule has 3 aromatic carbocycles. The highest BCUT2D eigenvalue weighted by Crippen LogP contribution is 2.35. The molecule has 0 aliphatic rings. The number of nitrogens with zero attached hydrogens (tertiary/aromatic N) is 1. The smallest absolute Gasteiger partial charge is 0.292 e. The minimum absolute atomic E-state index is 0.121. The Kier molecular flexibility index (Phi) is 7.74. The summed E-state index contributed by atoms with van der Waals surface area (Å²) in [7, 11) is -3.93. The van der Waals surface area contributed by atoms with Gasteiger partial charge >= 0.3 is 4.87 Å². The number of benzene rings is 3. The lowest BCUT2D eigenvalue weighted by atomic mass is 9.97. The summed E-state index contributed by atoms with van der Waals surface area (Å²) in [6.45, 7) is 9.95. The highest BCUT2D eigenvalue weighted by molar-refractivity contribution is 9.08. The molecular weight excluding hydrogens is 538 g/mol. The van der Waals surface area contributed by atoms with E-state index in [1.807, 2.05) is 55.5 Å². The van der Waals surface area contributed by atoms with E-state index in [2.05, 4.69) is 36.7 Å². The van der Waals surface area contributed by atoms with E-state index in [9.17, 15) is 8.42 Å². The maximum atomic E-state index is 13.8. The van der Waals surface area contributed by atoms with Gasteiger partial charge in [0.25, 0.3) is 9.84 Å². The zero-order valence-corrected chi connectivity index (χ0v) is 21.2. The molecule has 3 aromatic rings. The molecule has 31 heavy (non-hydrogen) atoms. The number of hydrogen-bond acceptors (Lipinski definition) is 2. The molecule has 6 heteroatoms. The van der Waals surface area contributed by atoms with Crippen molar-refractivity contribution in [2.24, 2.45) is 0 Å². The lowest BCUT2D eigenvalue weighted by Crippen LogP contribution is -2.40. The quantitative estimate of drug-likeness (QED) is 0.228. The SMILES string of the molecule is [C-]#[N+]C(Cc1ccc(CBr)cc1)(Cc1ccc(CBr)cc1)S(=O)(=O)c1ccc(C)cc1. The standard InChI is InChI=1S/C25H23Br2NO2S/c1-19-3-13-24(14-4-19)31(29,30)25(28-2,15-20-5-9-22(17-26)10-6-20)16-21-7-11-23(18-27)12-8-21/h3-14H,15-18H2,1H3. The average Bonchev–Trinajstić information content (AvgIpc) is 2.79. The van der Waals surface area contributed by atoms with Gasteiger partial charge in [0.15, 0.2) is 0 Å². The van der Waals surface area contributed by atoms with Crippen molar-refractivity contribution in [3.63, 3.8) is 0 Å². The summed E-state index contributed by atoms with van der Waals surface area (Å²) in [6, 6.07) is 22.2. The third-order valence-corrected chi connectivity index (χ3v) is 8.92. The predicted octanol–water partition coefficient (Wildman–Crippen LogP) is 6.66. The van der Waals surface area contributed by atoms with E-state index >= 15 is 0 Å². The maximum absolute atomic E-state index is 13.8. The van der Waals surface area contributed by atoms with E-state index < -0.39 is 14.7 Å². The molecule has 0 saturated heterocycles. The van der Waals surface area contributed by atoms with Gasteiger partial charge in [-0.05, 0) is 41.3 Å². The first-order valence-electron chi connectivity index (χ1n) is 9.81. The van der Waals surface area contributed by atoms with E-state index in [1.54, 1.807) is 24.3 Å². The molecule has 0 N–H and O–H groups in total. The van der Waals surface area contributed by atoms with Crippen LogP contribution in [-0.2, 0) is 33.3 Å². The Bertz CT molecular complexity index is 1110. The Hall–Kier alpha value is -1.94. The van der Waals surface area contributed by atoms with Crippen molar-refractivity contribution in [2.45, 2.75) is 40.2 Å². The van der Waals surface area contributed by atoms with Gasteiger partial charge in [-0.25, -0.2) is 15.0 Å². The third kappa shape index (κ3) is 5.28. The molecule has 3 nitrogen and oxygen atoms in total. The van der Waals surface area contributed by atoms with Gasteiger partial charge in [-0.15, -0.1) is 0 Å². The molecule has 3 rings (SSSR count). The minimum Gasteiger partial charge on any atom is -0.292 e. The Morgan fingerprint density at radius 2 is 1.13 bits per heavy atom. The number of hydrogen-bond donors (Lipinski definition) is 0. The van der Waals surface area contributed by atoms with Crippen molar-refractivity contribution < 1.29 is 8.42 Å². The molecule has 0 aliphatic carbocycles. The van der Waals surface area contributed by atoms with E-state index in [-0.39, 0.29) is 17.7 Å². The van der Waals surface area contributed by atoms with Gasteiger partial charge in [0, 0.05) is 10.7 Å². The molecule has 0 heterocycles. The van der Waals surface area contributed by atoms with Crippen LogP contribution in [0, 0.1) is 13.5 Å². The summed E-state index contributed by atoms with van der Waals surface area (Å²) in [4.78, 5) is 2.36. The summed E-state index contributed by atoms with van der Waals surface area (Å²) in [5, 5.41) is 1.45. The normalized spacial score (nSPS) is 11.8. The molecule has 160 valence electrons. The number of alkyl halides is 2. The van der Waals surface area contributed by atoms with Crippen LogP contribution in [0.15, 0.2) is 77.7 Å². The fraction of sp³-hybridized carbons (Fsp3) is 0.240. The molecule has 0 fully saturated rings. The van der Waals surface area contributed by atoms with Crippen LogP contribution in [0.5, 0.6) is 0 Å². The van der Waals surface area contributed by atoms with Crippen LogP contribution in [-0.4, -0.2) is 13.3 Å². The molecule has 0 aromatic heterocycles. The molecule has 0 radical (unpaired) electrons. The zero-order chi connectivity index (χ0) is 22.5. The number of rotatable bonds is 8. The summed E-state index contributed by atoms with van der Waals surface area (Å²) < 4.78 is 27.6. The second-order valence-corrected chi connectivity index (χ2v) is 11.0. The highest BCUT2D eigenvalue weighted by atomic mass is 79.9. The Morgan fingerprint density at radius 1 is 0.742 bits per heavy atom. The fourth-order valence-corrected chi connectivity index (χ4v) is 5.97. The van der Waals surface area contributed by atoms with Gasteiger partial charge in [-0.2, -0.15) is 0 Å². The highest BCUT2D eigenvalue weighted by Gasteiger charge is 2.51. The molecule has 0 unspecified atom stereocenters. The average molecular weight is 561 g/mol. The van der Waals surface area contributed by atoms with Gasteiger partial charge in [0.1, 0.15) is 0 Å². The maximum Gasteiger partial charge on any atom is 0.341 e. The van der Waals surface area contributed by atoms with Gasteiger partial charge in [0.05, 0.1) is 17.7 Å². The number of sulfone groups is 1. The van der Waals surface area contributed by atoms with Crippen LogP contribution in [0.2, 0.25) is 0 Å². The second-order valence-electron chi connectivity index (χ2n) is 7.63. The van der Waals surface area contributed by atoms with Gasteiger partial charge in [0.2, 0.25) is 0 Å². The monoisotopic (exact) mass is 559 g/mol. The van der Waals surface area contributed by atoms with Crippen molar-refractivity contribution in [3.05, 3.63) is 112 Å². The van der Waals surface area contributed by atoms with Crippen molar-refractivity contribution in [2.75, 3.05) is 0 Å². The molecule has 0 aliphatic heterocycles. The van der Waals surface area contributed by atoms with Crippen LogP contribution in [0.4, 0.5) is 0 Å². The van der Waals surface area contributed by atoms with E-state index in [0.29, 0.717) is 0 Å². The van der Waals surface area contributed by atoms with Crippen LogP contribution in [0.3, 0.4) is 0 Å². The topological polar surface area (TPSA) is 38.5 Å². The Morgan fingerprint density at radius 3 is 1.48 bits per heavy atom. The zero-order valence-electron chi connectivity index (χ0n) is 17.2. The van der Waals surface area contributed by atoms with Crippen LogP contribution in [0.1, 0.15) is 27.8 Å². The second kappa shape index (κ2) is 10.1. The van der Waals surface area contributed by atoms with Crippen LogP contribution >= 0.6 is 31.9 Å². The first-order chi connectivity index (χ1) is 14.8. The Labute approximate surface area is 201 Å². The molecule has 0 atom stereocenters. The van der Waals surface area contributed by atoms with Crippen LogP contribution in [0.25, 0.3) is 4.85 Å². The van der Waals surface area contributed by atoms with E-state index in [1.165, 1.54) is 0 Å². The lowest BCUT2D eigenvalue weighted by molar-refractivity contribution is 0.543. The fourth-order valence-electron chi connectivity index (χ4n) is 3.46. The molecular formula is C25H23Br2NO2S. The van der Waals surface area contributed by atoms with E-state index in [0.717, 1.165) is 38.5 Å². The van der Waals surface area contributed by atoms with Gasteiger partial charge < -0.3 is 0 Å². The third-order valence-electron chi connectivity index (χ3n) is 5.35. The first kappa shape index (κ1) is 23.7. The summed E-state index contributed by atoms with van der Waals surface area (Å²) in [5.74, 6) is 0. The Balaban J connectivity index is 2.09. The predicted molar refractivity (Wildman–Crippen MR) is 133 cm³/mol. The minimum atomic E-state index is -3.93. The van der Waals surface area contributed by atoms with Crippen molar-refractivity contribution >= 4 is 41.7 Å². The van der Waals surface area contributed by atoms with Crippen molar-refractivity contribution in [1.29, 1.82) is 0 Å². The summed E-state index contributed by atoms with van der Waals surface area (Å²) in [6.07, 6.45) is 0.241. The molecule has 0 spiro atoms. The van der Waals surface area contributed by atoms with E-state index in [4.69, 9.17) is 6.57 Å². The summed E-state index contributed by atoms with van der Waals surface area (Å²) >= 11 is 6.87.